The van der Waals surface area contributed by atoms with Gasteiger partial charge in [-0.3, -0.25) is 9.38 Å². The lowest BCUT2D eigenvalue weighted by atomic mass is 10.2. The second kappa shape index (κ2) is 3.71. The lowest BCUT2D eigenvalue weighted by molar-refractivity contribution is 1.11. The largest absolute Gasteiger partial charge is 0.396 e. The Morgan fingerprint density at radius 1 is 1.06 bits per heavy atom. The smallest absolute Gasteiger partial charge is 0.185 e. The third kappa shape index (κ3) is 1.52. The van der Waals surface area contributed by atoms with Crippen LogP contribution in [-0.2, 0) is 0 Å². The average Bonchev–Trinajstić information content (AvgIpc) is 2.81. The van der Waals surface area contributed by atoms with Gasteiger partial charge < -0.3 is 5.73 Å². The van der Waals surface area contributed by atoms with E-state index in [2.05, 4.69) is 15.2 Å². The number of halogens is 1. The molecule has 3 aromatic heterocycles. The molecule has 3 rings (SSSR count). The van der Waals surface area contributed by atoms with Gasteiger partial charge in [0.05, 0.1) is 5.69 Å². The van der Waals surface area contributed by atoms with Gasteiger partial charge in [-0.05, 0) is 24.3 Å². The lowest BCUT2D eigenvalue weighted by Gasteiger charge is -2.03. The van der Waals surface area contributed by atoms with Crippen LogP contribution in [0.4, 0.5) is 5.69 Å². The Balaban J connectivity index is 2.36. The molecule has 0 aliphatic carbocycles. The number of fused-ring (bicyclic) bond motifs is 1. The van der Waals surface area contributed by atoms with Crippen molar-refractivity contribution in [3.63, 3.8) is 0 Å². The van der Waals surface area contributed by atoms with E-state index in [1.54, 1.807) is 28.9 Å². The van der Waals surface area contributed by atoms with Crippen molar-refractivity contribution >= 4 is 22.9 Å². The number of hydrogen-bond donors (Lipinski definition) is 1. The van der Waals surface area contributed by atoms with Crippen LogP contribution in [0.1, 0.15) is 0 Å². The molecule has 2 N–H and O–H groups in total. The van der Waals surface area contributed by atoms with Crippen molar-refractivity contribution in [2.45, 2.75) is 0 Å². The summed E-state index contributed by atoms with van der Waals surface area (Å²) in [4.78, 5) is 3.96. The Labute approximate surface area is 102 Å². The summed E-state index contributed by atoms with van der Waals surface area (Å²) in [6.07, 6.45) is 3.38. The van der Waals surface area contributed by atoms with E-state index in [1.807, 2.05) is 12.1 Å². The molecule has 17 heavy (non-hydrogen) atoms. The Morgan fingerprint density at radius 2 is 1.82 bits per heavy atom. The summed E-state index contributed by atoms with van der Waals surface area (Å²) < 4.78 is 1.71. The van der Waals surface area contributed by atoms with E-state index < -0.39 is 0 Å². The standard InChI is InChI=1S/C11H8ClN5/c12-9-2-1-8(13)11-16-15-10(17(9)11)7-3-5-14-6-4-7/h1-6H,13H2. The first kappa shape index (κ1) is 10.0. The minimum Gasteiger partial charge on any atom is -0.396 e. The van der Waals surface area contributed by atoms with Crippen LogP contribution >= 0.6 is 11.6 Å². The molecule has 0 aliphatic rings. The van der Waals surface area contributed by atoms with Gasteiger partial charge in [-0.25, -0.2) is 0 Å². The highest BCUT2D eigenvalue weighted by molar-refractivity contribution is 6.30. The average molecular weight is 246 g/mol. The molecule has 84 valence electrons. The number of rotatable bonds is 1. The number of pyridine rings is 2. The van der Waals surface area contributed by atoms with E-state index in [-0.39, 0.29) is 0 Å². The molecule has 0 aliphatic heterocycles. The molecular formula is C11H8ClN5. The maximum Gasteiger partial charge on any atom is 0.185 e. The Hall–Kier alpha value is -2.14. The number of anilines is 1. The molecule has 0 saturated heterocycles. The van der Waals surface area contributed by atoms with Crippen molar-refractivity contribution in [3.05, 3.63) is 41.8 Å². The fourth-order valence-electron chi connectivity index (χ4n) is 1.67. The van der Waals surface area contributed by atoms with Gasteiger partial charge in [0, 0.05) is 18.0 Å². The molecule has 0 amide bonds. The highest BCUT2D eigenvalue weighted by atomic mass is 35.5. The van der Waals surface area contributed by atoms with Crippen LogP contribution < -0.4 is 5.73 Å². The fourth-order valence-corrected chi connectivity index (χ4v) is 1.89. The zero-order chi connectivity index (χ0) is 11.8. The number of hydrogen-bond acceptors (Lipinski definition) is 4. The second-order valence-corrected chi connectivity index (χ2v) is 3.92. The van der Waals surface area contributed by atoms with E-state index in [1.165, 1.54) is 0 Å². The molecule has 0 unspecified atom stereocenters. The molecule has 3 aromatic rings. The number of nitrogens with zero attached hydrogens (tertiary/aromatic N) is 4. The van der Waals surface area contributed by atoms with Crippen molar-refractivity contribution in [2.75, 3.05) is 5.73 Å². The summed E-state index contributed by atoms with van der Waals surface area (Å²) in [6.45, 7) is 0. The molecule has 5 nitrogen and oxygen atoms in total. The molecule has 0 aromatic carbocycles. The minimum atomic E-state index is 0.519. The van der Waals surface area contributed by atoms with Crippen molar-refractivity contribution in [1.29, 1.82) is 0 Å². The molecular weight excluding hydrogens is 238 g/mol. The maximum absolute atomic E-state index is 6.14. The van der Waals surface area contributed by atoms with Gasteiger partial charge in [-0.15, -0.1) is 10.2 Å². The molecule has 3 heterocycles. The third-order valence-corrected chi connectivity index (χ3v) is 2.77. The van der Waals surface area contributed by atoms with Crippen molar-refractivity contribution < 1.29 is 0 Å². The predicted octanol–water partition coefficient (Wildman–Crippen LogP) is 2.03. The van der Waals surface area contributed by atoms with Gasteiger partial charge in [0.25, 0.3) is 0 Å². The first-order valence-electron chi connectivity index (χ1n) is 4.97. The Morgan fingerprint density at radius 3 is 2.59 bits per heavy atom. The van der Waals surface area contributed by atoms with Crippen molar-refractivity contribution in [2.24, 2.45) is 0 Å². The van der Waals surface area contributed by atoms with Crippen molar-refractivity contribution in [1.82, 2.24) is 19.6 Å². The van der Waals surface area contributed by atoms with E-state index in [4.69, 9.17) is 17.3 Å². The normalized spacial score (nSPS) is 10.9. The maximum atomic E-state index is 6.14. The third-order valence-electron chi connectivity index (χ3n) is 2.47. The zero-order valence-corrected chi connectivity index (χ0v) is 9.46. The summed E-state index contributed by atoms with van der Waals surface area (Å²) in [5.41, 5.74) is 7.81. The van der Waals surface area contributed by atoms with E-state index in [9.17, 15) is 0 Å². The van der Waals surface area contributed by atoms with Crippen LogP contribution in [-0.4, -0.2) is 19.6 Å². The summed E-state index contributed by atoms with van der Waals surface area (Å²) >= 11 is 6.14. The molecule has 0 fully saturated rings. The SMILES string of the molecule is Nc1ccc(Cl)n2c(-c3ccncc3)nnc12. The number of nitrogen functional groups attached to an aromatic ring is 1. The molecule has 0 atom stereocenters. The summed E-state index contributed by atoms with van der Waals surface area (Å²) in [6, 6.07) is 7.12. The van der Waals surface area contributed by atoms with Crippen LogP contribution in [0.2, 0.25) is 5.15 Å². The highest BCUT2D eigenvalue weighted by Crippen LogP contribution is 2.24. The van der Waals surface area contributed by atoms with Crippen LogP contribution in [0.15, 0.2) is 36.7 Å². The van der Waals surface area contributed by atoms with Gasteiger partial charge in [0.2, 0.25) is 0 Å². The predicted molar refractivity (Wildman–Crippen MR) is 65.6 cm³/mol. The van der Waals surface area contributed by atoms with Gasteiger partial charge in [0.15, 0.2) is 11.5 Å². The van der Waals surface area contributed by atoms with Gasteiger partial charge in [-0.2, -0.15) is 0 Å². The van der Waals surface area contributed by atoms with E-state index in [0.29, 0.717) is 22.3 Å². The highest BCUT2D eigenvalue weighted by Gasteiger charge is 2.12. The van der Waals surface area contributed by atoms with E-state index in [0.717, 1.165) is 5.56 Å². The molecule has 6 heteroatoms. The zero-order valence-electron chi connectivity index (χ0n) is 8.71. The van der Waals surface area contributed by atoms with Gasteiger partial charge in [0.1, 0.15) is 5.15 Å². The minimum absolute atomic E-state index is 0.519. The number of nitrogens with two attached hydrogens (primary N) is 1. The molecule has 0 radical (unpaired) electrons. The first-order valence-corrected chi connectivity index (χ1v) is 5.34. The van der Waals surface area contributed by atoms with Crippen LogP contribution in [0.5, 0.6) is 0 Å². The lowest BCUT2D eigenvalue weighted by Crippen LogP contribution is -1.95. The van der Waals surface area contributed by atoms with Gasteiger partial charge in [-0.1, -0.05) is 11.6 Å². The molecule has 0 bridgehead atoms. The topological polar surface area (TPSA) is 69.1 Å². The van der Waals surface area contributed by atoms with Crippen LogP contribution in [0.3, 0.4) is 0 Å². The quantitative estimate of drug-likeness (QED) is 0.666. The summed E-state index contributed by atoms with van der Waals surface area (Å²) in [5, 5.41) is 8.67. The Bertz CT molecular complexity index is 677. The second-order valence-electron chi connectivity index (χ2n) is 3.53. The van der Waals surface area contributed by atoms with Gasteiger partial charge >= 0.3 is 0 Å². The molecule has 0 spiro atoms. The number of aromatic nitrogens is 4. The Kier molecular flexibility index (Phi) is 2.19. The first-order chi connectivity index (χ1) is 8.27. The fraction of sp³-hybridized carbons (Fsp3) is 0. The summed E-state index contributed by atoms with van der Waals surface area (Å²) in [7, 11) is 0. The summed E-state index contributed by atoms with van der Waals surface area (Å²) in [5.74, 6) is 0.653. The van der Waals surface area contributed by atoms with Crippen LogP contribution in [0, 0.1) is 0 Å². The van der Waals surface area contributed by atoms with Crippen molar-refractivity contribution in [3.8, 4) is 11.4 Å². The van der Waals surface area contributed by atoms with Crippen LogP contribution in [0.25, 0.3) is 17.0 Å². The monoisotopic (exact) mass is 245 g/mol. The van der Waals surface area contributed by atoms with E-state index >= 15 is 0 Å². The molecule has 0 saturated carbocycles.